The summed E-state index contributed by atoms with van der Waals surface area (Å²) in [5.41, 5.74) is 1.75. The van der Waals surface area contributed by atoms with Gasteiger partial charge in [-0.05, 0) is 56.9 Å². The third kappa shape index (κ3) is 3.14. The highest BCUT2D eigenvalue weighted by molar-refractivity contribution is 8.04. The van der Waals surface area contributed by atoms with Gasteiger partial charge in [-0.3, -0.25) is 4.79 Å². The molecule has 2 aliphatic heterocycles. The van der Waals surface area contributed by atoms with Crippen LogP contribution in [0.2, 0.25) is 0 Å². The molecule has 1 aromatic rings. The summed E-state index contributed by atoms with van der Waals surface area (Å²) in [6.07, 6.45) is -3.35. The summed E-state index contributed by atoms with van der Waals surface area (Å²) in [6.45, 7) is 6.62. The molecular formula is C17H18F3NO2S. The number of rotatable bonds is 2. The Labute approximate surface area is 142 Å². The zero-order valence-electron chi connectivity index (χ0n) is 13.7. The molecule has 7 heteroatoms. The summed E-state index contributed by atoms with van der Waals surface area (Å²) in [5.74, 6) is -0.296. The number of fused-ring (bicyclic) bond motifs is 1. The summed E-state index contributed by atoms with van der Waals surface area (Å²) in [5, 5.41) is 0. The van der Waals surface area contributed by atoms with Crippen LogP contribution in [0.25, 0.3) is 0 Å². The van der Waals surface area contributed by atoms with E-state index < -0.39 is 6.36 Å². The third-order valence-electron chi connectivity index (χ3n) is 4.34. The molecule has 3 nitrogen and oxygen atoms in total. The Hall–Kier alpha value is -1.63. The number of ether oxygens (including phenoxy) is 1. The number of hydrogen-bond donors (Lipinski definition) is 0. The van der Waals surface area contributed by atoms with Crippen molar-refractivity contribution in [2.24, 2.45) is 0 Å². The molecular weight excluding hydrogens is 339 g/mol. The van der Waals surface area contributed by atoms with Crippen molar-refractivity contribution in [3.8, 4) is 5.75 Å². The summed E-state index contributed by atoms with van der Waals surface area (Å²) in [7, 11) is 0. The number of amides is 1. The second-order valence-corrected chi connectivity index (χ2v) is 7.62. The third-order valence-corrected chi connectivity index (χ3v) is 5.61. The van der Waals surface area contributed by atoms with Gasteiger partial charge in [0.05, 0.1) is 4.91 Å². The molecule has 3 rings (SSSR count). The van der Waals surface area contributed by atoms with E-state index in [0.717, 1.165) is 17.6 Å². The number of benzene rings is 1. The summed E-state index contributed by atoms with van der Waals surface area (Å²) < 4.78 is 41.1. The van der Waals surface area contributed by atoms with Crippen LogP contribution in [0.3, 0.4) is 0 Å². The Balaban J connectivity index is 1.92. The molecule has 0 aliphatic carbocycles. The average Bonchev–Trinajstić information content (AvgIpc) is 2.44. The molecule has 0 saturated heterocycles. The van der Waals surface area contributed by atoms with Crippen LogP contribution in [-0.2, 0) is 11.2 Å². The number of carbonyl (C=O) groups is 1. The fraction of sp³-hybridized carbons (Fsp3) is 0.471. The van der Waals surface area contributed by atoms with Crippen LogP contribution in [0, 0.1) is 0 Å². The van der Waals surface area contributed by atoms with Crippen molar-refractivity contribution in [3.63, 3.8) is 0 Å². The number of nitrogens with zero attached hydrogens (tertiary/aromatic N) is 1. The fourth-order valence-electron chi connectivity index (χ4n) is 3.39. The van der Waals surface area contributed by atoms with E-state index in [9.17, 15) is 18.0 Å². The highest BCUT2D eigenvalue weighted by Gasteiger charge is 2.40. The highest BCUT2D eigenvalue weighted by atomic mass is 32.2. The van der Waals surface area contributed by atoms with Crippen molar-refractivity contribution in [3.05, 3.63) is 34.2 Å². The maximum absolute atomic E-state index is 12.8. The maximum Gasteiger partial charge on any atom is 0.573 e. The zero-order valence-corrected chi connectivity index (χ0v) is 14.5. The lowest BCUT2D eigenvalue weighted by Crippen LogP contribution is -2.51. The normalized spacial score (nSPS) is 19.9. The monoisotopic (exact) mass is 357 g/mol. The lowest BCUT2D eigenvalue weighted by atomic mass is 9.85. The minimum absolute atomic E-state index is 0.0402. The van der Waals surface area contributed by atoms with Crippen molar-refractivity contribution in [2.75, 3.05) is 6.54 Å². The Morgan fingerprint density at radius 1 is 1.33 bits per heavy atom. The Kier molecular flexibility index (Phi) is 4.10. The molecule has 2 heterocycles. The van der Waals surface area contributed by atoms with Gasteiger partial charge in [0, 0.05) is 17.0 Å². The van der Waals surface area contributed by atoms with Crippen LogP contribution >= 0.6 is 11.8 Å². The molecule has 0 atom stereocenters. The van der Waals surface area contributed by atoms with Gasteiger partial charge >= 0.3 is 6.36 Å². The van der Waals surface area contributed by atoms with Gasteiger partial charge in [0.1, 0.15) is 5.75 Å². The topological polar surface area (TPSA) is 29.5 Å². The first-order chi connectivity index (χ1) is 11.1. The van der Waals surface area contributed by atoms with E-state index in [1.54, 1.807) is 6.07 Å². The molecule has 0 aromatic heterocycles. The van der Waals surface area contributed by atoms with Crippen molar-refractivity contribution < 1.29 is 22.7 Å². The molecule has 0 spiro atoms. The van der Waals surface area contributed by atoms with Gasteiger partial charge < -0.3 is 9.64 Å². The second kappa shape index (κ2) is 5.72. The molecule has 130 valence electrons. The first-order valence-electron chi connectivity index (χ1n) is 7.71. The van der Waals surface area contributed by atoms with Crippen molar-refractivity contribution >= 4 is 17.7 Å². The lowest BCUT2D eigenvalue weighted by Gasteiger charge is -2.44. The predicted octanol–water partition coefficient (Wildman–Crippen LogP) is 4.52. The zero-order chi connectivity index (χ0) is 17.7. The van der Waals surface area contributed by atoms with Gasteiger partial charge in [-0.25, -0.2) is 0 Å². The first-order valence-corrected chi connectivity index (χ1v) is 8.53. The number of halogens is 3. The van der Waals surface area contributed by atoms with E-state index in [1.807, 2.05) is 25.7 Å². The highest BCUT2D eigenvalue weighted by Crippen LogP contribution is 2.47. The number of thioether (sulfide) groups is 1. The smallest absolute Gasteiger partial charge is 0.406 e. The molecule has 24 heavy (non-hydrogen) atoms. The van der Waals surface area contributed by atoms with E-state index in [1.165, 1.54) is 23.9 Å². The quantitative estimate of drug-likeness (QED) is 0.779. The molecule has 0 saturated carbocycles. The predicted molar refractivity (Wildman–Crippen MR) is 85.8 cm³/mol. The van der Waals surface area contributed by atoms with Gasteiger partial charge in [0.25, 0.3) is 5.91 Å². The molecule has 0 bridgehead atoms. The standard InChI is InChI=1S/C17H18F3NO2S/c1-4-21-15(22)14-11(9-16(21,2)3)7-10-5-6-12(8-13(10)24-14)23-17(18,19)20/h5-6,8H,4,7,9H2,1-3H3. The van der Waals surface area contributed by atoms with Crippen LogP contribution < -0.4 is 4.74 Å². The van der Waals surface area contributed by atoms with Gasteiger partial charge in [-0.1, -0.05) is 17.8 Å². The number of alkyl halides is 3. The Morgan fingerprint density at radius 2 is 2.04 bits per heavy atom. The SMILES string of the molecule is CCN1C(=O)C2=C(Cc3ccc(OC(F)(F)F)cc3S2)CC1(C)C. The summed E-state index contributed by atoms with van der Waals surface area (Å²) >= 11 is 1.25. The maximum atomic E-state index is 12.8. The van der Waals surface area contributed by atoms with E-state index >= 15 is 0 Å². The van der Waals surface area contributed by atoms with Crippen molar-refractivity contribution in [1.82, 2.24) is 4.90 Å². The van der Waals surface area contributed by atoms with E-state index in [0.29, 0.717) is 22.8 Å². The van der Waals surface area contributed by atoms with Crippen LogP contribution in [0.1, 0.15) is 32.8 Å². The molecule has 0 unspecified atom stereocenters. The fourth-order valence-corrected chi connectivity index (χ4v) is 4.54. The molecule has 0 N–H and O–H groups in total. The molecule has 1 amide bonds. The Morgan fingerprint density at radius 3 is 2.67 bits per heavy atom. The summed E-state index contributed by atoms with van der Waals surface area (Å²) in [6, 6.07) is 4.34. The molecule has 1 aromatic carbocycles. The van der Waals surface area contributed by atoms with Gasteiger partial charge in [0.15, 0.2) is 0 Å². The van der Waals surface area contributed by atoms with Crippen LogP contribution in [0.5, 0.6) is 5.75 Å². The largest absolute Gasteiger partial charge is 0.573 e. The van der Waals surface area contributed by atoms with E-state index in [4.69, 9.17) is 0 Å². The minimum atomic E-state index is -4.72. The first kappa shape index (κ1) is 17.2. The number of hydrogen-bond acceptors (Lipinski definition) is 3. The average molecular weight is 357 g/mol. The minimum Gasteiger partial charge on any atom is -0.406 e. The van der Waals surface area contributed by atoms with Crippen LogP contribution in [0.4, 0.5) is 13.2 Å². The number of likely N-dealkylation sites (N-methyl/N-ethyl adjacent to an activating group) is 1. The van der Waals surface area contributed by atoms with Crippen LogP contribution in [-0.4, -0.2) is 29.3 Å². The van der Waals surface area contributed by atoms with Crippen molar-refractivity contribution in [2.45, 2.75) is 50.4 Å². The van der Waals surface area contributed by atoms with E-state index in [2.05, 4.69) is 4.74 Å². The molecule has 0 radical (unpaired) electrons. The Bertz CT molecular complexity index is 725. The molecule has 0 fully saturated rings. The van der Waals surface area contributed by atoms with Gasteiger partial charge in [-0.2, -0.15) is 0 Å². The van der Waals surface area contributed by atoms with Gasteiger partial charge in [-0.15, -0.1) is 13.2 Å². The summed E-state index contributed by atoms with van der Waals surface area (Å²) in [4.78, 5) is 15.9. The lowest BCUT2D eigenvalue weighted by molar-refractivity contribution is -0.274. The van der Waals surface area contributed by atoms with E-state index in [-0.39, 0.29) is 17.2 Å². The number of carbonyl (C=O) groups excluding carboxylic acids is 1. The van der Waals surface area contributed by atoms with Crippen molar-refractivity contribution in [1.29, 1.82) is 0 Å². The van der Waals surface area contributed by atoms with Gasteiger partial charge in [0.2, 0.25) is 0 Å². The second-order valence-electron chi connectivity index (χ2n) is 6.57. The van der Waals surface area contributed by atoms with Crippen LogP contribution in [0.15, 0.2) is 33.6 Å². The molecule has 2 aliphatic rings.